The molecule has 0 aliphatic rings. The summed E-state index contributed by atoms with van der Waals surface area (Å²) in [4.78, 5) is 15.9. The molecule has 0 saturated carbocycles. The predicted molar refractivity (Wildman–Crippen MR) is 117 cm³/mol. The van der Waals surface area contributed by atoms with Gasteiger partial charge < -0.3 is 14.6 Å². The monoisotopic (exact) mass is 391 g/mol. The third kappa shape index (κ3) is 5.70. The first-order valence-corrected chi connectivity index (χ1v) is 10.2. The van der Waals surface area contributed by atoms with Gasteiger partial charge in [-0.2, -0.15) is 0 Å². The van der Waals surface area contributed by atoms with E-state index in [1.165, 1.54) is 0 Å². The van der Waals surface area contributed by atoms with Crippen LogP contribution in [-0.4, -0.2) is 28.6 Å². The van der Waals surface area contributed by atoms with Gasteiger partial charge in [0.2, 0.25) is 5.91 Å². The van der Waals surface area contributed by atoms with E-state index in [2.05, 4.69) is 28.6 Å². The van der Waals surface area contributed by atoms with E-state index in [0.717, 1.165) is 60.4 Å². The summed E-state index contributed by atoms with van der Waals surface area (Å²) >= 11 is 0. The summed E-state index contributed by atoms with van der Waals surface area (Å²) in [6.07, 6.45) is 5.29. The normalized spacial score (nSPS) is 10.8. The Morgan fingerprint density at radius 1 is 1.17 bits per heavy atom. The van der Waals surface area contributed by atoms with Crippen LogP contribution in [-0.2, 0) is 24.2 Å². The lowest BCUT2D eigenvalue weighted by Gasteiger charge is -2.12. The fourth-order valence-electron chi connectivity index (χ4n) is 3.45. The molecule has 3 rings (SSSR count). The van der Waals surface area contributed by atoms with Gasteiger partial charge >= 0.3 is 0 Å². The molecule has 0 bridgehead atoms. The van der Waals surface area contributed by atoms with Gasteiger partial charge in [0.25, 0.3) is 0 Å². The van der Waals surface area contributed by atoms with Gasteiger partial charge in [-0.05, 0) is 43.0 Å². The summed E-state index contributed by atoms with van der Waals surface area (Å²) in [6, 6.07) is 16.3. The van der Waals surface area contributed by atoms with Crippen LogP contribution in [0.1, 0.15) is 31.2 Å². The van der Waals surface area contributed by atoms with Crippen LogP contribution >= 0.6 is 0 Å². The van der Waals surface area contributed by atoms with E-state index in [-0.39, 0.29) is 5.91 Å². The molecule has 0 radical (unpaired) electrons. The van der Waals surface area contributed by atoms with Gasteiger partial charge in [0, 0.05) is 26.4 Å². The van der Waals surface area contributed by atoms with Crippen molar-refractivity contribution < 1.29 is 9.53 Å². The summed E-state index contributed by atoms with van der Waals surface area (Å²) in [5.41, 5.74) is 3.32. The van der Waals surface area contributed by atoms with Gasteiger partial charge in [-0.3, -0.25) is 4.79 Å². The Morgan fingerprint density at radius 2 is 1.97 bits per heavy atom. The second kappa shape index (κ2) is 10.5. The van der Waals surface area contributed by atoms with Crippen molar-refractivity contribution in [1.29, 1.82) is 0 Å². The Balaban J connectivity index is 1.62. The number of hydrogen-bond donors (Lipinski definition) is 1. The first kappa shape index (κ1) is 20.6. The number of aryl methyl sites for hydroxylation is 2. The van der Waals surface area contributed by atoms with E-state index in [9.17, 15) is 4.79 Å². The Kier molecular flexibility index (Phi) is 7.45. The zero-order valence-corrected chi connectivity index (χ0v) is 17.1. The average molecular weight is 392 g/mol. The topological polar surface area (TPSA) is 56.1 Å². The predicted octanol–water partition coefficient (Wildman–Crippen LogP) is 4.30. The molecule has 5 nitrogen and oxygen atoms in total. The largest absolute Gasteiger partial charge is 0.493 e. The number of fused-ring (bicyclic) bond motifs is 1. The van der Waals surface area contributed by atoms with Crippen LogP contribution in [0.15, 0.2) is 61.2 Å². The number of hydrogen-bond acceptors (Lipinski definition) is 3. The number of rotatable bonds is 11. The lowest BCUT2D eigenvalue weighted by molar-refractivity contribution is -0.118. The highest BCUT2D eigenvalue weighted by atomic mass is 16.5. The van der Waals surface area contributed by atoms with E-state index in [1.54, 1.807) is 6.92 Å². The van der Waals surface area contributed by atoms with E-state index in [1.807, 2.05) is 42.5 Å². The van der Waals surface area contributed by atoms with Gasteiger partial charge in [-0.1, -0.05) is 36.4 Å². The molecule has 0 spiro atoms. The van der Waals surface area contributed by atoms with Crippen molar-refractivity contribution in [3.05, 3.63) is 72.6 Å². The molecule has 0 atom stereocenters. The lowest BCUT2D eigenvalue weighted by atomic mass is 10.1. The molecule has 0 unspecified atom stereocenters. The summed E-state index contributed by atoms with van der Waals surface area (Å²) in [5.74, 6) is 1.99. The highest BCUT2D eigenvalue weighted by molar-refractivity contribution is 5.76. The van der Waals surface area contributed by atoms with Crippen LogP contribution in [0.5, 0.6) is 5.75 Å². The van der Waals surface area contributed by atoms with Gasteiger partial charge in [-0.25, -0.2) is 4.98 Å². The SMILES string of the molecule is C=CCc1ccccc1OCCCn1c(CCCNC(C)=O)nc2ccccc21. The minimum Gasteiger partial charge on any atom is -0.493 e. The highest BCUT2D eigenvalue weighted by Crippen LogP contribution is 2.20. The third-order valence-electron chi connectivity index (χ3n) is 4.81. The van der Waals surface area contributed by atoms with Gasteiger partial charge in [0.1, 0.15) is 11.6 Å². The standard InChI is InChI=1S/C24H29N3O2/c1-3-10-20-11-4-7-14-23(20)29-18-9-17-27-22-13-6-5-12-21(22)26-24(27)15-8-16-25-19(2)28/h3-7,11-14H,1,8-10,15-18H2,2H3,(H,25,28). The highest BCUT2D eigenvalue weighted by Gasteiger charge is 2.10. The maximum atomic E-state index is 11.1. The fraction of sp³-hybridized carbons (Fsp3) is 0.333. The fourth-order valence-corrected chi connectivity index (χ4v) is 3.45. The van der Waals surface area contributed by atoms with E-state index in [4.69, 9.17) is 9.72 Å². The molecule has 1 heterocycles. The summed E-state index contributed by atoms with van der Waals surface area (Å²) in [5, 5.41) is 2.85. The molecule has 1 aromatic heterocycles. The molecular weight excluding hydrogens is 362 g/mol. The molecule has 29 heavy (non-hydrogen) atoms. The van der Waals surface area contributed by atoms with Gasteiger partial charge in [-0.15, -0.1) is 6.58 Å². The second-order valence-corrected chi connectivity index (χ2v) is 7.06. The Hall–Kier alpha value is -3.08. The summed E-state index contributed by atoms with van der Waals surface area (Å²) in [7, 11) is 0. The van der Waals surface area contributed by atoms with Crippen LogP contribution in [0, 0.1) is 0 Å². The average Bonchev–Trinajstić information content (AvgIpc) is 3.07. The Morgan fingerprint density at radius 3 is 2.79 bits per heavy atom. The summed E-state index contributed by atoms with van der Waals surface area (Å²) < 4.78 is 8.32. The van der Waals surface area contributed by atoms with E-state index < -0.39 is 0 Å². The number of carbonyl (C=O) groups is 1. The number of carbonyl (C=O) groups excluding carboxylic acids is 1. The Labute approximate surface area is 172 Å². The van der Waals surface area contributed by atoms with Crippen molar-refractivity contribution in [2.24, 2.45) is 0 Å². The number of nitrogens with one attached hydrogen (secondary N) is 1. The molecule has 1 N–H and O–H groups in total. The van der Waals surface area contributed by atoms with Crippen molar-refractivity contribution in [2.75, 3.05) is 13.2 Å². The zero-order chi connectivity index (χ0) is 20.5. The molecule has 0 aliphatic heterocycles. The van der Waals surface area contributed by atoms with Crippen LogP contribution in [0.25, 0.3) is 11.0 Å². The molecular formula is C24H29N3O2. The first-order valence-electron chi connectivity index (χ1n) is 10.2. The van der Waals surface area contributed by atoms with Crippen LogP contribution in [0.2, 0.25) is 0 Å². The van der Waals surface area contributed by atoms with Gasteiger partial charge in [0.15, 0.2) is 0 Å². The zero-order valence-electron chi connectivity index (χ0n) is 17.1. The molecule has 0 saturated heterocycles. The van der Waals surface area contributed by atoms with Crippen molar-refractivity contribution in [3.8, 4) is 5.75 Å². The summed E-state index contributed by atoms with van der Waals surface area (Å²) in [6.45, 7) is 7.52. The third-order valence-corrected chi connectivity index (χ3v) is 4.81. The number of ether oxygens (including phenoxy) is 1. The number of amides is 1. The first-order chi connectivity index (χ1) is 14.2. The minimum atomic E-state index is 0.00684. The smallest absolute Gasteiger partial charge is 0.216 e. The second-order valence-electron chi connectivity index (χ2n) is 7.06. The quantitative estimate of drug-likeness (QED) is 0.392. The van der Waals surface area contributed by atoms with Crippen LogP contribution in [0.3, 0.4) is 0 Å². The van der Waals surface area contributed by atoms with Crippen LogP contribution in [0.4, 0.5) is 0 Å². The molecule has 2 aromatic carbocycles. The number of nitrogens with zero attached hydrogens (tertiary/aromatic N) is 2. The minimum absolute atomic E-state index is 0.00684. The molecule has 0 aliphatic carbocycles. The lowest BCUT2D eigenvalue weighted by Crippen LogP contribution is -2.21. The number of imidazole rings is 1. The molecule has 0 fully saturated rings. The van der Waals surface area contributed by atoms with Crippen LogP contribution < -0.4 is 10.1 Å². The van der Waals surface area contributed by atoms with Crippen molar-refractivity contribution in [1.82, 2.24) is 14.9 Å². The van der Waals surface area contributed by atoms with Gasteiger partial charge in [0.05, 0.1) is 17.6 Å². The maximum absolute atomic E-state index is 11.1. The van der Waals surface area contributed by atoms with E-state index >= 15 is 0 Å². The van der Waals surface area contributed by atoms with Crippen molar-refractivity contribution in [3.63, 3.8) is 0 Å². The molecule has 3 aromatic rings. The van der Waals surface area contributed by atoms with Crippen molar-refractivity contribution >= 4 is 16.9 Å². The maximum Gasteiger partial charge on any atom is 0.216 e. The number of allylic oxidation sites excluding steroid dienone is 1. The number of para-hydroxylation sites is 3. The molecule has 5 heteroatoms. The molecule has 152 valence electrons. The number of benzene rings is 2. The molecule has 1 amide bonds. The van der Waals surface area contributed by atoms with Crippen molar-refractivity contribution in [2.45, 2.75) is 39.2 Å². The van der Waals surface area contributed by atoms with E-state index in [0.29, 0.717) is 13.2 Å². The Bertz CT molecular complexity index is 962. The number of aromatic nitrogens is 2.